The summed E-state index contributed by atoms with van der Waals surface area (Å²) in [5, 5.41) is 0. The Morgan fingerprint density at radius 1 is 0.929 bits per heavy atom. The van der Waals surface area contributed by atoms with Gasteiger partial charge in [-0.15, -0.1) is 0 Å². The molecule has 14 heavy (non-hydrogen) atoms. The highest BCUT2D eigenvalue weighted by Gasteiger charge is 2.03. The topological polar surface area (TPSA) is 0 Å². The van der Waals surface area contributed by atoms with Crippen LogP contribution in [0, 0.1) is 0 Å². The van der Waals surface area contributed by atoms with Crippen LogP contribution in [0.15, 0.2) is 59.8 Å². The van der Waals surface area contributed by atoms with Crippen molar-refractivity contribution in [1.82, 2.24) is 0 Å². The molecule has 0 atom stereocenters. The molecule has 0 amide bonds. The van der Waals surface area contributed by atoms with Crippen molar-refractivity contribution < 1.29 is 0 Å². The summed E-state index contributed by atoms with van der Waals surface area (Å²) in [7, 11) is 0. The molecule has 0 aromatic carbocycles. The summed E-state index contributed by atoms with van der Waals surface area (Å²) in [5.74, 6) is 0. The number of hydrogen-bond acceptors (Lipinski definition) is 0. The van der Waals surface area contributed by atoms with Gasteiger partial charge in [0.25, 0.3) is 0 Å². The Morgan fingerprint density at radius 2 is 1.86 bits per heavy atom. The molecule has 2 aliphatic rings. The standard InChI is InChI=1S/C14H16/c1-2-6-10-13(9-5-1)14-11-7-3-4-8-12-14/h1,3,5-7,9-11H,2,4,8,12H2. The Labute approximate surface area is 86.0 Å². The lowest BCUT2D eigenvalue weighted by molar-refractivity contribution is 0.849. The van der Waals surface area contributed by atoms with Gasteiger partial charge < -0.3 is 0 Å². The van der Waals surface area contributed by atoms with Crippen LogP contribution >= 0.6 is 0 Å². The maximum Gasteiger partial charge on any atom is -0.0163 e. The SMILES string of the molecule is C1=CCC=CC(C2=CC=CCCC2)=C1. The fraction of sp³-hybridized carbons (Fsp3) is 0.286. The molecule has 0 fully saturated rings. The van der Waals surface area contributed by atoms with Crippen molar-refractivity contribution in [3.8, 4) is 0 Å². The fourth-order valence-corrected chi connectivity index (χ4v) is 1.81. The highest BCUT2D eigenvalue weighted by molar-refractivity contribution is 5.45. The van der Waals surface area contributed by atoms with Gasteiger partial charge in [0.1, 0.15) is 0 Å². The lowest BCUT2D eigenvalue weighted by Gasteiger charge is -2.05. The third kappa shape index (κ3) is 2.35. The van der Waals surface area contributed by atoms with Crippen molar-refractivity contribution >= 4 is 0 Å². The van der Waals surface area contributed by atoms with Crippen molar-refractivity contribution in [1.29, 1.82) is 0 Å². The van der Waals surface area contributed by atoms with Crippen LogP contribution in [0.2, 0.25) is 0 Å². The molecular formula is C14H16. The predicted molar refractivity (Wildman–Crippen MR) is 62.1 cm³/mol. The zero-order valence-corrected chi connectivity index (χ0v) is 8.45. The lowest BCUT2D eigenvalue weighted by atomic mass is 10.0. The predicted octanol–water partition coefficient (Wildman–Crippen LogP) is 4.10. The van der Waals surface area contributed by atoms with E-state index in [-0.39, 0.29) is 0 Å². The van der Waals surface area contributed by atoms with E-state index in [1.807, 2.05) is 0 Å². The third-order valence-electron chi connectivity index (χ3n) is 2.60. The molecule has 0 aromatic rings. The summed E-state index contributed by atoms with van der Waals surface area (Å²) >= 11 is 0. The molecule has 0 saturated heterocycles. The van der Waals surface area contributed by atoms with Crippen LogP contribution in [-0.4, -0.2) is 0 Å². The van der Waals surface area contributed by atoms with Gasteiger partial charge in [-0.05, 0) is 36.8 Å². The van der Waals surface area contributed by atoms with Crippen LogP contribution in [0.5, 0.6) is 0 Å². The summed E-state index contributed by atoms with van der Waals surface area (Å²) in [6, 6.07) is 0. The molecule has 2 rings (SSSR count). The van der Waals surface area contributed by atoms with Gasteiger partial charge in [0.2, 0.25) is 0 Å². The van der Waals surface area contributed by atoms with Crippen LogP contribution in [0.1, 0.15) is 25.7 Å². The average molecular weight is 184 g/mol. The minimum Gasteiger partial charge on any atom is -0.0845 e. The van der Waals surface area contributed by atoms with E-state index in [2.05, 4.69) is 48.6 Å². The van der Waals surface area contributed by atoms with Gasteiger partial charge in [-0.1, -0.05) is 48.6 Å². The first-order chi connectivity index (χ1) is 6.97. The van der Waals surface area contributed by atoms with E-state index in [1.54, 1.807) is 0 Å². The molecule has 0 heterocycles. The fourth-order valence-electron chi connectivity index (χ4n) is 1.81. The van der Waals surface area contributed by atoms with Gasteiger partial charge in [0, 0.05) is 0 Å². The molecule has 0 bridgehead atoms. The number of allylic oxidation sites excluding steroid dienone is 10. The van der Waals surface area contributed by atoms with Crippen molar-refractivity contribution in [2.45, 2.75) is 25.7 Å². The van der Waals surface area contributed by atoms with Crippen molar-refractivity contribution in [2.75, 3.05) is 0 Å². The Bertz CT molecular complexity index is 335. The van der Waals surface area contributed by atoms with E-state index < -0.39 is 0 Å². The van der Waals surface area contributed by atoms with E-state index >= 15 is 0 Å². The monoisotopic (exact) mass is 184 g/mol. The molecule has 2 aliphatic carbocycles. The van der Waals surface area contributed by atoms with Crippen LogP contribution in [0.25, 0.3) is 0 Å². The molecule has 0 nitrogen and oxygen atoms in total. The molecule has 0 heteroatoms. The van der Waals surface area contributed by atoms with Gasteiger partial charge in [-0.2, -0.15) is 0 Å². The quantitative estimate of drug-likeness (QED) is 0.575. The normalized spacial score (nSPS) is 21.1. The maximum atomic E-state index is 2.25. The van der Waals surface area contributed by atoms with Gasteiger partial charge in [-0.25, -0.2) is 0 Å². The van der Waals surface area contributed by atoms with Gasteiger partial charge in [0.15, 0.2) is 0 Å². The summed E-state index contributed by atoms with van der Waals surface area (Å²) in [6.45, 7) is 0. The Kier molecular flexibility index (Phi) is 3.18. The molecule has 0 aliphatic heterocycles. The average Bonchev–Trinajstić information content (AvgIpc) is 2.62. The minimum atomic E-state index is 1.06. The van der Waals surface area contributed by atoms with Crippen LogP contribution in [-0.2, 0) is 0 Å². The molecule has 72 valence electrons. The first-order valence-electron chi connectivity index (χ1n) is 5.36. The van der Waals surface area contributed by atoms with Crippen LogP contribution in [0.4, 0.5) is 0 Å². The van der Waals surface area contributed by atoms with Crippen molar-refractivity contribution in [2.24, 2.45) is 0 Å². The first kappa shape index (κ1) is 9.26. The Hall–Kier alpha value is -1.30. The van der Waals surface area contributed by atoms with Crippen molar-refractivity contribution in [3.05, 3.63) is 59.8 Å². The van der Waals surface area contributed by atoms with E-state index in [0.29, 0.717) is 0 Å². The van der Waals surface area contributed by atoms with Gasteiger partial charge in [0.05, 0.1) is 0 Å². The van der Waals surface area contributed by atoms with Gasteiger partial charge >= 0.3 is 0 Å². The van der Waals surface area contributed by atoms with E-state index in [9.17, 15) is 0 Å². The highest BCUT2D eigenvalue weighted by atomic mass is 14.1. The van der Waals surface area contributed by atoms with E-state index in [4.69, 9.17) is 0 Å². The smallest absolute Gasteiger partial charge is 0.0163 e. The Morgan fingerprint density at radius 3 is 2.86 bits per heavy atom. The molecule has 0 saturated carbocycles. The summed E-state index contributed by atoms with van der Waals surface area (Å²) < 4.78 is 0. The molecule has 0 N–H and O–H groups in total. The number of hydrogen-bond donors (Lipinski definition) is 0. The summed E-state index contributed by atoms with van der Waals surface area (Å²) in [5.41, 5.74) is 2.85. The summed E-state index contributed by atoms with van der Waals surface area (Å²) in [4.78, 5) is 0. The molecule has 0 aromatic heterocycles. The summed E-state index contributed by atoms with van der Waals surface area (Å²) in [6.07, 6.45) is 22.5. The second kappa shape index (κ2) is 4.80. The highest BCUT2D eigenvalue weighted by Crippen LogP contribution is 2.22. The van der Waals surface area contributed by atoms with E-state index in [1.165, 1.54) is 30.4 Å². The molecular weight excluding hydrogens is 168 g/mol. The van der Waals surface area contributed by atoms with Crippen LogP contribution < -0.4 is 0 Å². The second-order valence-electron chi connectivity index (χ2n) is 3.70. The van der Waals surface area contributed by atoms with E-state index in [0.717, 1.165) is 6.42 Å². The zero-order chi connectivity index (χ0) is 9.64. The molecule has 0 unspecified atom stereocenters. The minimum absolute atomic E-state index is 1.06. The molecule has 0 radical (unpaired) electrons. The van der Waals surface area contributed by atoms with Crippen molar-refractivity contribution in [3.63, 3.8) is 0 Å². The third-order valence-corrected chi connectivity index (χ3v) is 2.60. The largest absolute Gasteiger partial charge is 0.0845 e. The first-order valence-corrected chi connectivity index (χ1v) is 5.36. The van der Waals surface area contributed by atoms with Gasteiger partial charge in [-0.3, -0.25) is 0 Å². The molecule has 0 spiro atoms. The van der Waals surface area contributed by atoms with Crippen LogP contribution in [0.3, 0.4) is 0 Å². The Balaban J connectivity index is 2.20. The lowest BCUT2D eigenvalue weighted by Crippen LogP contribution is -1.85. The zero-order valence-electron chi connectivity index (χ0n) is 8.45. The number of rotatable bonds is 1. The second-order valence-corrected chi connectivity index (χ2v) is 3.70. The maximum absolute atomic E-state index is 2.25.